The van der Waals surface area contributed by atoms with Crippen molar-refractivity contribution >= 4 is 24.3 Å². The van der Waals surface area contributed by atoms with Crippen LogP contribution in [-0.4, -0.2) is 36.1 Å². The van der Waals surface area contributed by atoms with Crippen LogP contribution in [0.5, 0.6) is 0 Å². The van der Waals surface area contributed by atoms with E-state index in [1.54, 1.807) is 0 Å². The second kappa shape index (κ2) is 9.62. The molecule has 1 amide bonds. The van der Waals surface area contributed by atoms with Crippen molar-refractivity contribution in [2.45, 2.75) is 90.4 Å². The maximum Gasteiger partial charge on any atom is 0.328 e. The Kier molecular flexibility index (Phi) is 8.51. The van der Waals surface area contributed by atoms with E-state index in [0.717, 1.165) is 6.42 Å². The van der Waals surface area contributed by atoms with E-state index >= 15 is 0 Å². The van der Waals surface area contributed by atoms with Gasteiger partial charge in [0.2, 0.25) is 5.91 Å². The van der Waals surface area contributed by atoms with Crippen molar-refractivity contribution in [3.05, 3.63) is 0 Å². The zero-order chi connectivity index (χ0) is 17.0. The number of carbonyl (C=O) groups is 2. The summed E-state index contributed by atoms with van der Waals surface area (Å²) in [5.41, 5.74) is 0. The number of rotatable bonds is 6. The van der Waals surface area contributed by atoms with Crippen molar-refractivity contribution in [1.29, 1.82) is 0 Å². The first-order valence-electron chi connectivity index (χ1n) is 9.13. The number of ether oxygens (including phenoxy) is 1. The molecule has 140 valence electrons. The third kappa shape index (κ3) is 5.92. The predicted octanol–water partition coefficient (Wildman–Crippen LogP) is 2.81. The van der Waals surface area contributed by atoms with Crippen LogP contribution in [0.1, 0.15) is 66.2 Å². The van der Waals surface area contributed by atoms with Crippen LogP contribution < -0.4 is 10.6 Å². The fourth-order valence-electron chi connectivity index (χ4n) is 3.79. The van der Waals surface area contributed by atoms with Crippen LogP contribution in [-0.2, 0) is 14.3 Å². The van der Waals surface area contributed by atoms with Crippen molar-refractivity contribution < 1.29 is 14.3 Å². The van der Waals surface area contributed by atoms with E-state index in [1.807, 2.05) is 27.7 Å². The Morgan fingerprint density at radius 3 is 2.42 bits per heavy atom. The molecule has 2 fully saturated rings. The smallest absolute Gasteiger partial charge is 0.328 e. The molecule has 5 nitrogen and oxygen atoms in total. The highest BCUT2D eigenvalue weighted by Gasteiger charge is 2.39. The number of fused-ring (bicyclic) bond motifs is 1. The normalized spacial score (nSPS) is 27.3. The largest absolute Gasteiger partial charge is 0.461 e. The number of carbonyl (C=O) groups excluding carboxylic acids is 2. The first-order chi connectivity index (χ1) is 10.9. The molecule has 0 spiro atoms. The highest BCUT2D eigenvalue weighted by atomic mass is 35.5. The Morgan fingerprint density at radius 1 is 1.17 bits per heavy atom. The summed E-state index contributed by atoms with van der Waals surface area (Å²) in [6.07, 6.45) is 6.24. The lowest BCUT2D eigenvalue weighted by atomic mass is 9.85. The monoisotopic (exact) mass is 360 g/mol. The Hall–Kier alpha value is -0.810. The van der Waals surface area contributed by atoms with Gasteiger partial charge >= 0.3 is 5.97 Å². The van der Waals surface area contributed by atoms with Crippen molar-refractivity contribution in [1.82, 2.24) is 10.6 Å². The van der Waals surface area contributed by atoms with Gasteiger partial charge in [0, 0.05) is 6.04 Å². The minimum atomic E-state index is -0.547. The molecule has 0 aromatic heterocycles. The molecule has 4 atom stereocenters. The summed E-state index contributed by atoms with van der Waals surface area (Å²) in [4.78, 5) is 24.8. The number of hydrogen-bond donors (Lipinski definition) is 2. The van der Waals surface area contributed by atoms with Crippen LogP contribution in [0.3, 0.4) is 0 Å². The van der Waals surface area contributed by atoms with Gasteiger partial charge in [0.1, 0.15) is 6.04 Å². The molecule has 3 unspecified atom stereocenters. The summed E-state index contributed by atoms with van der Waals surface area (Å²) >= 11 is 0. The zero-order valence-electron chi connectivity index (χ0n) is 15.3. The number of esters is 1. The minimum Gasteiger partial charge on any atom is -0.461 e. The Labute approximate surface area is 152 Å². The average molecular weight is 361 g/mol. The van der Waals surface area contributed by atoms with Gasteiger partial charge in [-0.05, 0) is 51.4 Å². The van der Waals surface area contributed by atoms with Crippen LogP contribution in [0, 0.1) is 11.8 Å². The lowest BCUT2D eigenvalue weighted by molar-refractivity contribution is -0.152. The van der Waals surface area contributed by atoms with Crippen LogP contribution in [0.2, 0.25) is 0 Å². The molecule has 24 heavy (non-hydrogen) atoms. The highest BCUT2D eigenvalue weighted by molar-refractivity contribution is 5.87. The van der Waals surface area contributed by atoms with E-state index in [4.69, 9.17) is 4.74 Å². The van der Waals surface area contributed by atoms with E-state index in [-0.39, 0.29) is 36.4 Å². The second-order valence-corrected chi connectivity index (χ2v) is 7.78. The first-order valence-corrected chi connectivity index (χ1v) is 9.13. The summed E-state index contributed by atoms with van der Waals surface area (Å²) in [7, 11) is 0. The fraction of sp³-hybridized carbons (Fsp3) is 0.889. The van der Waals surface area contributed by atoms with Crippen LogP contribution in [0.25, 0.3) is 0 Å². The second-order valence-electron chi connectivity index (χ2n) is 7.78. The molecule has 0 bridgehead atoms. The standard InChI is InChI=1S/C18H32N2O3.ClH/c1-11(2)9-16(18(22)23-12(3)4)20-17(21)15-10-13-7-5-6-8-14(13)19-15;/h11-16,19H,5-10H2,1-4H3,(H,20,21);1H/t13?,14?,15?,16-;/m0./s1. The van der Waals surface area contributed by atoms with Gasteiger partial charge < -0.3 is 15.4 Å². The maximum absolute atomic E-state index is 12.6. The van der Waals surface area contributed by atoms with E-state index in [9.17, 15) is 9.59 Å². The summed E-state index contributed by atoms with van der Waals surface area (Å²) in [6.45, 7) is 7.75. The Morgan fingerprint density at radius 2 is 1.83 bits per heavy atom. The van der Waals surface area contributed by atoms with E-state index in [2.05, 4.69) is 10.6 Å². The van der Waals surface area contributed by atoms with Gasteiger partial charge in [-0.25, -0.2) is 4.79 Å². The molecule has 1 aliphatic heterocycles. The van der Waals surface area contributed by atoms with Crippen LogP contribution >= 0.6 is 12.4 Å². The number of hydrogen-bond acceptors (Lipinski definition) is 4. The fourth-order valence-corrected chi connectivity index (χ4v) is 3.79. The molecule has 1 aliphatic carbocycles. The predicted molar refractivity (Wildman–Crippen MR) is 97.1 cm³/mol. The first kappa shape index (κ1) is 21.2. The van der Waals surface area contributed by atoms with E-state index in [0.29, 0.717) is 24.3 Å². The summed E-state index contributed by atoms with van der Waals surface area (Å²) in [5.74, 6) is 0.563. The average Bonchev–Trinajstić information content (AvgIpc) is 2.89. The molecule has 6 heteroatoms. The number of halogens is 1. The molecule has 0 aromatic carbocycles. The van der Waals surface area contributed by atoms with Gasteiger partial charge in [0.15, 0.2) is 0 Å². The van der Waals surface area contributed by atoms with Crippen molar-refractivity contribution in [2.75, 3.05) is 0 Å². The molecular weight excluding hydrogens is 328 g/mol. The van der Waals surface area contributed by atoms with Crippen molar-refractivity contribution in [3.63, 3.8) is 0 Å². The van der Waals surface area contributed by atoms with E-state index < -0.39 is 6.04 Å². The van der Waals surface area contributed by atoms with Gasteiger partial charge in [-0.3, -0.25) is 4.79 Å². The van der Waals surface area contributed by atoms with E-state index in [1.165, 1.54) is 25.7 Å². The summed E-state index contributed by atoms with van der Waals surface area (Å²) in [5, 5.41) is 6.40. The lowest BCUT2D eigenvalue weighted by Gasteiger charge is -2.24. The lowest BCUT2D eigenvalue weighted by Crippen LogP contribution is -2.50. The molecule has 2 aliphatic rings. The molecule has 2 N–H and O–H groups in total. The SMILES string of the molecule is CC(C)C[C@H](NC(=O)C1CC2CCCCC2N1)C(=O)OC(C)C.Cl. The Bertz CT molecular complexity index is 414. The molecular formula is C18H33ClN2O3. The third-order valence-electron chi connectivity index (χ3n) is 4.84. The quantitative estimate of drug-likeness (QED) is 0.715. The van der Waals surface area contributed by atoms with Gasteiger partial charge in [-0.1, -0.05) is 26.7 Å². The summed E-state index contributed by atoms with van der Waals surface area (Å²) in [6, 6.07) is -0.232. The number of nitrogens with one attached hydrogen (secondary N) is 2. The van der Waals surface area contributed by atoms with Crippen molar-refractivity contribution in [2.24, 2.45) is 11.8 Å². The summed E-state index contributed by atoms with van der Waals surface area (Å²) < 4.78 is 5.30. The molecule has 1 heterocycles. The third-order valence-corrected chi connectivity index (χ3v) is 4.84. The van der Waals surface area contributed by atoms with Crippen LogP contribution in [0.4, 0.5) is 0 Å². The highest BCUT2D eigenvalue weighted by Crippen LogP contribution is 2.33. The molecule has 1 saturated carbocycles. The zero-order valence-corrected chi connectivity index (χ0v) is 16.2. The van der Waals surface area contributed by atoms with Gasteiger partial charge in [-0.2, -0.15) is 0 Å². The van der Waals surface area contributed by atoms with Crippen molar-refractivity contribution in [3.8, 4) is 0 Å². The molecule has 0 aromatic rings. The van der Waals surface area contributed by atoms with Gasteiger partial charge in [-0.15, -0.1) is 12.4 Å². The Balaban J connectivity index is 0.00000288. The topological polar surface area (TPSA) is 67.4 Å². The molecule has 0 radical (unpaired) electrons. The molecule has 2 rings (SSSR count). The number of amides is 1. The maximum atomic E-state index is 12.6. The van der Waals surface area contributed by atoms with Crippen LogP contribution in [0.15, 0.2) is 0 Å². The van der Waals surface area contributed by atoms with Gasteiger partial charge in [0.05, 0.1) is 12.1 Å². The minimum absolute atomic E-state index is 0. The van der Waals surface area contributed by atoms with Gasteiger partial charge in [0.25, 0.3) is 0 Å². The molecule has 1 saturated heterocycles.